The van der Waals surface area contributed by atoms with Gasteiger partial charge in [-0.3, -0.25) is 4.79 Å². The monoisotopic (exact) mass is 296 g/mol. The minimum atomic E-state index is -0.0987. The predicted molar refractivity (Wildman–Crippen MR) is 76.5 cm³/mol. The molecule has 0 atom stereocenters. The van der Waals surface area contributed by atoms with Gasteiger partial charge in [-0.15, -0.1) is 0 Å². The summed E-state index contributed by atoms with van der Waals surface area (Å²) < 4.78 is 1.63. The van der Waals surface area contributed by atoms with E-state index in [-0.39, 0.29) is 11.7 Å². The summed E-state index contributed by atoms with van der Waals surface area (Å²) in [6.45, 7) is 1.92. The van der Waals surface area contributed by atoms with E-state index in [1.54, 1.807) is 23.9 Å². The Kier molecular flexibility index (Phi) is 4.44. The number of rotatable bonds is 4. The number of halogens is 1. The summed E-state index contributed by atoms with van der Waals surface area (Å²) in [5.74, 6) is 0.178. The zero-order valence-corrected chi connectivity index (χ0v) is 12.1. The van der Waals surface area contributed by atoms with Gasteiger partial charge in [0.2, 0.25) is 5.91 Å². The number of anilines is 1. The number of benzene rings is 1. The average Bonchev–Trinajstić information content (AvgIpc) is 2.77. The molecule has 0 radical (unpaired) electrons. The van der Waals surface area contributed by atoms with Crippen molar-refractivity contribution in [3.05, 3.63) is 35.1 Å². The molecule has 0 spiro atoms. The fourth-order valence-electron chi connectivity index (χ4n) is 1.46. The van der Waals surface area contributed by atoms with E-state index in [4.69, 9.17) is 11.6 Å². The number of hydrogen-bond acceptors (Lipinski definition) is 4. The second-order valence-corrected chi connectivity index (χ2v) is 5.34. The van der Waals surface area contributed by atoms with Crippen molar-refractivity contribution in [1.29, 1.82) is 0 Å². The SMILES string of the molecule is Cc1ccc(Cl)cc1NC(=O)CSc1ncnn1C. The fraction of sp³-hybridized carbons (Fsp3) is 0.250. The van der Waals surface area contributed by atoms with E-state index in [0.29, 0.717) is 10.2 Å². The lowest BCUT2D eigenvalue weighted by Crippen LogP contribution is -2.15. The smallest absolute Gasteiger partial charge is 0.234 e. The molecule has 2 aromatic rings. The summed E-state index contributed by atoms with van der Waals surface area (Å²) >= 11 is 7.24. The van der Waals surface area contributed by atoms with Crippen LogP contribution in [-0.4, -0.2) is 26.4 Å². The molecule has 100 valence electrons. The lowest BCUT2D eigenvalue weighted by atomic mass is 10.2. The van der Waals surface area contributed by atoms with E-state index >= 15 is 0 Å². The first kappa shape index (κ1) is 13.9. The van der Waals surface area contributed by atoms with Crippen molar-refractivity contribution in [3.63, 3.8) is 0 Å². The third-order valence-corrected chi connectivity index (χ3v) is 3.75. The summed E-state index contributed by atoms with van der Waals surface area (Å²) in [6.07, 6.45) is 1.46. The largest absolute Gasteiger partial charge is 0.325 e. The third-order valence-electron chi connectivity index (χ3n) is 2.48. The van der Waals surface area contributed by atoms with Gasteiger partial charge < -0.3 is 5.32 Å². The zero-order valence-electron chi connectivity index (χ0n) is 10.6. The number of aromatic nitrogens is 3. The van der Waals surface area contributed by atoms with Gasteiger partial charge in [-0.25, -0.2) is 9.67 Å². The van der Waals surface area contributed by atoms with Crippen LogP contribution in [0.4, 0.5) is 5.69 Å². The topological polar surface area (TPSA) is 59.8 Å². The van der Waals surface area contributed by atoms with Crippen molar-refractivity contribution in [3.8, 4) is 0 Å². The van der Waals surface area contributed by atoms with Crippen LogP contribution in [0.25, 0.3) is 0 Å². The molecular formula is C12H13ClN4OS. The molecule has 1 amide bonds. The Bertz CT molecular complexity index is 599. The van der Waals surface area contributed by atoms with Gasteiger partial charge in [0.05, 0.1) is 5.75 Å². The van der Waals surface area contributed by atoms with Gasteiger partial charge >= 0.3 is 0 Å². The second kappa shape index (κ2) is 6.08. The molecule has 0 saturated heterocycles. The number of amides is 1. The van der Waals surface area contributed by atoms with Gasteiger partial charge in [0.25, 0.3) is 0 Å². The van der Waals surface area contributed by atoms with Crippen LogP contribution in [0, 0.1) is 6.92 Å². The number of nitrogens with zero attached hydrogens (tertiary/aromatic N) is 3. The van der Waals surface area contributed by atoms with Crippen LogP contribution in [0.2, 0.25) is 5.02 Å². The molecule has 1 aromatic heterocycles. The highest BCUT2D eigenvalue weighted by Crippen LogP contribution is 2.21. The van der Waals surface area contributed by atoms with Crippen molar-refractivity contribution >= 4 is 35.0 Å². The summed E-state index contributed by atoms with van der Waals surface area (Å²) in [6, 6.07) is 5.40. The van der Waals surface area contributed by atoms with Crippen molar-refractivity contribution in [2.45, 2.75) is 12.1 Å². The van der Waals surface area contributed by atoms with Gasteiger partial charge in [0.1, 0.15) is 6.33 Å². The molecule has 1 aromatic carbocycles. The van der Waals surface area contributed by atoms with E-state index in [0.717, 1.165) is 11.3 Å². The number of hydrogen-bond donors (Lipinski definition) is 1. The third kappa shape index (κ3) is 3.71. The maximum atomic E-state index is 11.8. The van der Waals surface area contributed by atoms with Crippen molar-refractivity contribution in [2.75, 3.05) is 11.1 Å². The van der Waals surface area contributed by atoms with Crippen molar-refractivity contribution < 1.29 is 4.79 Å². The normalized spacial score (nSPS) is 10.5. The molecule has 0 unspecified atom stereocenters. The fourth-order valence-corrected chi connectivity index (χ4v) is 2.32. The molecule has 0 fully saturated rings. The molecule has 0 aliphatic rings. The molecule has 0 aliphatic heterocycles. The molecule has 2 rings (SSSR count). The highest BCUT2D eigenvalue weighted by Gasteiger charge is 2.08. The minimum absolute atomic E-state index is 0.0987. The van der Waals surface area contributed by atoms with E-state index < -0.39 is 0 Å². The van der Waals surface area contributed by atoms with E-state index in [2.05, 4.69) is 15.4 Å². The van der Waals surface area contributed by atoms with Crippen LogP contribution >= 0.6 is 23.4 Å². The molecule has 19 heavy (non-hydrogen) atoms. The van der Waals surface area contributed by atoms with Crippen LogP contribution in [-0.2, 0) is 11.8 Å². The van der Waals surface area contributed by atoms with E-state index in [1.165, 1.54) is 18.1 Å². The Balaban J connectivity index is 1.94. The van der Waals surface area contributed by atoms with Crippen LogP contribution < -0.4 is 5.32 Å². The lowest BCUT2D eigenvalue weighted by Gasteiger charge is -2.08. The number of nitrogens with one attached hydrogen (secondary N) is 1. The molecule has 1 N–H and O–H groups in total. The summed E-state index contributed by atoms with van der Waals surface area (Å²) in [5, 5.41) is 8.08. The molecule has 0 bridgehead atoms. The first-order chi connectivity index (χ1) is 9.06. The zero-order chi connectivity index (χ0) is 13.8. The first-order valence-corrected chi connectivity index (χ1v) is 6.95. The van der Waals surface area contributed by atoms with Gasteiger partial charge in [-0.05, 0) is 24.6 Å². The Morgan fingerprint density at radius 2 is 2.32 bits per heavy atom. The molecular weight excluding hydrogens is 284 g/mol. The predicted octanol–water partition coefficient (Wildman–Crippen LogP) is 2.51. The summed E-state index contributed by atoms with van der Waals surface area (Å²) in [7, 11) is 1.79. The maximum Gasteiger partial charge on any atom is 0.234 e. The molecule has 0 saturated carbocycles. The van der Waals surface area contributed by atoms with Crippen molar-refractivity contribution in [2.24, 2.45) is 7.05 Å². The Morgan fingerprint density at radius 1 is 1.53 bits per heavy atom. The molecule has 0 aliphatic carbocycles. The van der Waals surface area contributed by atoms with E-state index in [1.807, 2.05) is 13.0 Å². The second-order valence-electron chi connectivity index (χ2n) is 3.96. The average molecular weight is 297 g/mol. The standard InChI is InChI=1S/C12H13ClN4OS/c1-8-3-4-9(13)5-10(8)16-11(18)6-19-12-14-7-15-17(12)2/h3-5,7H,6H2,1-2H3,(H,16,18). The highest BCUT2D eigenvalue weighted by molar-refractivity contribution is 7.99. The van der Waals surface area contributed by atoms with E-state index in [9.17, 15) is 4.79 Å². The van der Waals surface area contributed by atoms with Crippen LogP contribution in [0.5, 0.6) is 0 Å². The van der Waals surface area contributed by atoms with Crippen LogP contribution in [0.3, 0.4) is 0 Å². The molecule has 5 nitrogen and oxygen atoms in total. The van der Waals surface area contributed by atoms with Crippen molar-refractivity contribution in [1.82, 2.24) is 14.8 Å². The summed E-state index contributed by atoms with van der Waals surface area (Å²) in [4.78, 5) is 15.9. The first-order valence-electron chi connectivity index (χ1n) is 5.59. The quantitative estimate of drug-likeness (QED) is 0.881. The summed E-state index contributed by atoms with van der Waals surface area (Å²) in [5.41, 5.74) is 1.71. The molecule has 7 heteroatoms. The van der Waals surface area contributed by atoms with Crippen LogP contribution in [0.1, 0.15) is 5.56 Å². The minimum Gasteiger partial charge on any atom is -0.325 e. The van der Waals surface area contributed by atoms with Gasteiger partial charge in [0, 0.05) is 17.8 Å². The van der Waals surface area contributed by atoms with Gasteiger partial charge in [-0.2, -0.15) is 5.10 Å². The maximum absolute atomic E-state index is 11.8. The Labute approximate surface area is 120 Å². The lowest BCUT2D eigenvalue weighted by molar-refractivity contribution is -0.113. The number of carbonyl (C=O) groups excluding carboxylic acids is 1. The van der Waals surface area contributed by atoms with Gasteiger partial charge in [-0.1, -0.05) is 29.4 Å². The molecule has 1 heterocycles. The van der Waals surface area contributed by atoms with Crippen LogP contribution in [0.15, 0.2) is 29.7 Å². The van der Waals surface area contributed by atoms with Gasteiger partial charge in [0.15, 0.2) is 5.16 Å². The Hall–Kier alpha value is -1.53. The number of thioether (sulfide) groups is 1. The highest BCUT2D eigenvalue weighted by atomic mass is 35.5. The Morgan fingerprint density at radius 3 is 3.00 bits per heavy atom. The number of aryl methyl sites for hydroxylation is 2. The number of carbonyl (C=O) groups is 1.